The van der Waals surface area contributed by atoms with Crippen LogP contribution < -0.4 is 5.32 Å². The van der Waals surface area contributed by atoms with Gasteiger partial charge in [0.2, 0.25) is 0 Å². The third kappa shape index (κ3) is 3.61. The largest absolute Gasteiger partial charge is 0.312 e. The van der Waals surface area contributed by atoms with Gasteiger partial charge in [-0.15, -0.1) is 11.3 Å². The number of pyridine rings is 1. The number of unbranched alkanes of at least 4 members (excludes halogenated alkanes) is 1. The molecule has 2 aromatic heterocycles. The molecule has 90 valence electrons. The van der Waals surface area contributed by atoms with E-state index in [1.807, 2.05) is 24.4 Å². The van der Waals surface area contributed by atoms with Crippen molar-refractivity contribution in [2.45, 2.75) is 26.3 Å². The van der Waals surface area contributed by atoms with Crippen LogP contribution in [0.5, 0.6) is 0 Å². The van der Waals surface area contributed by atoms with Crippen LogP contribution in [-0.4, -0.2) is 16.5 Å². The molecule has 0 aromatic carbocycles. The minimum Gasteiger partial charge on any atom is -0.312 e. The highest BCUT2D eigenvalue weighted by molar-refractivity contribution is 7.14. The van der Waals surface area contributed by atoms with Gasteiger partial charge >= 0.3 is 0 Å². The van der Waals surface area contributed by atoms with Crippen molar-refractivity contribution in [1.29, 1.82) is 0 Å². The molecule has 0 amide bonds. The number of nitrogens with one attached hydrogen (secondary N) is 1. The van der Waals surface area contributed by atoms with Crippen LogP contribution in [0.3, 0.4) is 0 Å². The first kappa shape index (κ1) is 12.2. The maximum absolute atomic E-state index is 4.40. The smallest absolute Gasteiger partial charge is 0.142 e. The molecular formula is C13H17N3S. The number of hydrogen-bond acceptors (Lipinski definition) is 4. The van der Waals surface area contributed by atoms with Gasteiger partial charge in [0.15, 0.2) is 0 Å². The Kier molecular flexibility index (Phi) is 4.64. The van der Waals surface area contributed by atoms with E-state index in [4.69, 9.17) is 0 Å². The van der Waals surface area contributed by atoms with E-state index in [0.717, 1.165) is 23.8 Å². The van der Waals surface area contributed by atoms with E-state index in [9.17, 15) is 0 Å². The highest BCUT2D eigenvalue weighted by Crippen LogP contribution is 2.22. The quantitative estimate of drug-likeness (QED) is 0.797. The van der Waals surface area contributed by atoms with Crippen LogP contribution in [0, 0.1) is 0 Å². The topological polar surface area (TPSA) is 37.8 Å². The Morgan fingerprint density at radius 1 is 1.29 bits per heavy atom. The Morgan fingerprint density at radius 2 is 2.24 bits per heavy atom. The Labute approximate surface area is 106 Å². The van der Waals surface area contributed by atoms with E-state index >= 15 is 0 Å². The maximum atomic E-state index is 4.40. The molecule has 0 fully saturated rings. The van der Waals surface area contributed by atoms with Crippen LogP contribution in [0.1, 0.15) is 24.6 Å². The predicted octanol–water partition coefficient (Wildman–Crippen LogP) is 3.09. The van der Waals surface area contributed by atoms with Crippen LogP contribution in [-0.2, 0) is 6.54 Å². The molecular weight excluding hydrogens is 230 g/mol. The normalized spacial score (nSPS) is 10.6. The van der Waals surface area contributed by atoms with Crippen LogP contribution in [0.4, 0.5) is 0 Å². The standard InChI is InChI=1S/C13H17N3S/c1-2-3-7-14-9-11-10-16-13(17-11)12-6-4-5-8-15-12/h4-6,8,10,14H,2-3,7,9H2,1H3. The zero-order valence-corrected chi connectivity index (χ0v) is 10.8. The summed E-state index contributed by atoms with van der Waals surface area (Å²) in [6, 6.07) is 5.90. The van der Waals surface area contributed by atoms with Crippen molar-refractivity contribution in [2.75, 3.05) is 6.54 Å². The summed E-state index contributed by atoms with van der Waals surface area (Å²) < 4.78 is 0. The molecule has 17 heavy (non-hydrogen) atoms. The van der Waals surface area contributed by atoms with Gasteiger partial charge in [0.1, 0.15) is 5.01 Å². The zero-order chi connectivity index (χ0) is 11.9. The maximum Gasteiger partial charge on any atom is 0.142 e. The summed E-state index contributed by atoms with van der Waals surface area (Å²) in [5.41, 5.74) is 0.956. The Bertz CT molecular complexity index is 439. The fourth-order valence-corrected chi connectivity index (χ4v) is 2.37. The van der Waals surface area contributed by atoms with Gasteiger partial charge in [0.25, 0.3) is 0 Å². The second-order valence-corrected chi connectivity index (χ2v) is 4.99. The van der Waals surface area contributed by atoms with E-state index in [2.05, 4.69) is 22.2 Å². The molecule has 0 atom stereocenters. The van der Waals surface area contributed by atoms with Crippen molar-refractivity contribution >= 4 is 11.3 Å². The van der Waals surface area contributed by atoms with Crippen molar-refractivity contribution in [3.05, 3.63) is 35.5 Å². The number of nitrogens with zero attached hydrogens (tertiary/aromatic N) is 2. The molecule has 2 aromatic rings. The fraction of sp³-hybridized carbons (Fsp3) is 0.385. The number of aromatic nitrogens is 2. The number of thiazole rings is 1. The van der Waals surface area contributed by atoms with Crippen LogP contribution >= 0.6 is 11.3 Å². The molecule has 0 bridgehead atoms. The summed E-state index contributed by atoms with van der Waals surface area (Å²) in [5.74, 6) is 0. The molecule has 3 nitrogen and oxygen atoms in total. The molecule has 0 aliphatic rings. The van der Waals surface area contributed by atoms with E-state index in [1.165, 1.54) is 17.7 Å². The highest BCUT2D eigenvalue weighted by Gasteiger charge is 2.04. The van der Waals surface area contributed by atoms with E-state index in [-0.39, 0.29) is 0 Å². The van der Waals surface area contributed by atoms with Crippen molar-refractivity contribution in [3.63, 3.8) is 0 Å². The molecule has 1 N–H and O–H groups in total. The van der Waals surface area contributed by atoms with Crippen LogP contribution in [0.15, 0.2) is 30.6 Å². The van der Waals surface area contributed by atoms with Crippen LogP contribution in [0.25, 0.3) is 10.7 Å². The van der Waals surface area contributed by atoms with Crippen molar-refractivity contribution in [2.24, 2.45) is 0 Å². The molecule has 0 saturated carbocycles. The average molecular weight is 247 g/mol. The first-order valence-corrected chi connectivity index (χ1v) is 6.78. The lowest BCUT2D eigenvalue weighted by Crippen LogP contribution is -2.13. The van der Waals surface area contributed by atoms with Crippen molar-refractivity contribution in [1.82, 2.24) is 15.3 Å². The lowest BCUT2D eigenvalue weighted by Gasteiger charge is -1.99. The summed E-state index contributed by atoms with van der Waals surface area (Å²) in [7, 11) is 0. The Hall–Kier alpha value is -1.26. The van der Waals surface area contributed by atoms with Gasteiger partial charge in [-0.3, -0.25) is 4.98 Å². The van der Waals surface area contributed by atoms with Crippen molar-refractivity contribution in [3.8, 4) is 10.7 Å². The van der Waals surface area contributed by atoms with Crippen molar-refractivity contribution < 1.29 is 0 Å². The van der Waals surface area contributed by atoms with Gasteiger partial charge in [-0.05, 0) is 25.1 Å². The van der Waals surface area contributed by atoms with Gasteiger partial charge in [0, 0.05) is 23.8 Å². The Morgan fingerprint density at radius 3 is 3.00 bits per heavy atom. The van der Waals surface area contributed by atoms with E-state index in [0.29, 0.717) is 0 Å². The SMILES string of the molecule is CCCCNCc1cnc(-c2ccccn2)s1. The summed E-state index contributed by atoms with van der Waals surface area (Å²) in [6.45, 7) is 4.19. The second-order valence-electron chi connectivity index (χ2n) is 3.88. The van der Waals surface area contributed by atoms with Gasteiger partial charge in [-0.25, -0.2) is 4.98 Å². The predicted molar refractivity (Wildman–Crippen MR) is 72.0 cm³/mol. The molecule has 0 aliphatic heterocycles. The lowest BCUT2D eigenvalue weighted by atomic mass is 10.3. The molecule has 0 saturated heterocycles. The summed E-state index contributed by atoms with van der Waals surface area (Å²) in [4.78, 5) is 9.97. The summed E-state index contributed by atoms with van der Waals surface area (Å²) in [6.07, 6.45) is 6.20. The fourth-order valence-electron chi connectivity index (χ4n) is 1.51. The average Bonchev–Trinajstić information content (AvgIpc) is 2.85. The Balaban J connectivity index is 1.92. The first-order chi connectivity index (χ1) is 8.40. The van der Waals surface area contributed by atoms with Gasteiger partial charge in [-0.2, -0.15) is 0 Å². The third-order valence-corrected chi connectivity index (χ3v) is 3.46. The highest BCUT2D eigenvalue weighted by atomic mass is 32.1. The minimum atomic E-state index is 0.907. The first-order valence-electron chi connectivity index (χ1n) is 5.97. The minimum absolute atomic E-state index is 0.907. The van der Waals surface area contributed by atoms with Gasteiger partial charge < -0.3 is 5.32 Å². The molecule has 2 rings (SSSR count). The van der Waals surface area contributed by atoms with Gasteiger partial charge in [0.05, 0.1) is 5.69 Å². The monoisotopic (exact) mass is 247 g/mol. The van der Waals surface area contributed by atoms with Gasteiger partial charge in [-0.1, -0.05) is 19.4 Å². The van der Waals surface area contributed by atoms with Crippen LogP contribution in [0.2, 0.25) is 0 Å². The summed E-state index contributed by atoms with van der Waals surface area (Å²) in [5, 5.41) is 4.42. The lowest BCUT2D eigenvalue weighted by molar-refractivity contribution is 0.645. The summed E-state index contributed by atoms with van der Waals surface area (Å²) >= 11 is 1.71. The molecule has 4 heteroatoms. The third-order valence-electron chi connectivity index (χ3n) is 2.44. The number of hydrogen-bond donors (Lipinski definition) is 1. The zero-order valence-electron chi connectivity index (χ0n) is 10.0. The second kappa shape index (κ2) is 6.47. The number of rotatable bonds is 6. The molecule has 0 aliphatic carbocycles. The van der Waals surface area contributed by atoms with E-state index < -0.39 is 0 Å². The molecule has 0 radical (unpaired) electrons. The molecule has 2 heterocycles. The molecule has 0 unspecified atom stereocenters. The van der Waals surface area contributed by atoms with E-state index in [1.54, 1.807) is 17.5 Å². The molecule has 0 spiro atoms.